The molecule has 0 aromatic rings. The van der Waals surface area contributed by atoms with Crippen molar-refractivity contribution in [3.63, 3.8) is 0 Å². The van der Waals surface area contributed by atoms with E-state index in [-0.39, 0.29) is 0 Å². The van der Waals surface area contributed by atoms with E-state index in [2.05, 4.69) is 45.0 Å². The second kappa shape index (κ2) is 7.38. The zero-order valence-electron chi connectivity index (χ0n) is 12.5. The van der Waals surface area contributed by atoms with Crippen LogP contribution in [0.3, 0.4) is 0 Å². The van der Waals surface area contributed by atoms with Crippen LogP contribution in [0.1, 0.15) is 53.4 Å². The van der Waals surface area contributed by atoms with Crippen LogP contribution in [0, 0.1) is 11.8 Å². The number of nitrogens with zero attached hydrogens (tertiary/aromatic N) is 1. The quantitative estimate of drug-likeness (QED) is 0.735. The van der Waals surface area contributed by atoms with E-state index in [0.29, 0.717) is 6.04 Å². The van der Waals surface area contributed by atoms with E-state index in [1.54, 1.807) is 0 Å². The van der Waals surface area contributed by atoms with Gasteiger partial charge in [0.1, 0.15) is 0 Å². The molecule has 17 heavy (non-hydrogen) atoms. The molecule has 0 spiro atoms. The lowest BCUT2D eigenvalue weighted by molar-refractivity contribution is 0.180. The summed E-state index contributed by atoms with van der Waals surface area (Å²) in [6.07, 6.45) is 5.60. The Balaban J connectivity index is 2.35. The Labute approximate surface area is 108 Å². The molecular weight excluding hydrogens is 208 g/mol. The third-order valence-electron chi connectivity index (χ3n) is 4.15. The Kier molecular flexibility index (Phi) is 6.50. The SMILES string of the molecule is CNC1CCCC1CCN(CC(C)C)C(C)C. The van der Waals surface area contributed by atoms with E-state index in [9.17, 15) is 0 Å². The summed E-state index contributed by atoms with van der Waals surface area (Å²) in [5.41, 5.74) is 0. The number of hydrogen-bond acceptors (Lipinski definition) is 2. The first-order valence-corrected chi connectivity index (χ1v) is 7.46. The molecule has 1 rings (SSSR count). The van der Waals surface area contributed by atoms with Gasteiger partial charge in [0.05, 0.1) is 0 Å². The van der Waals surface area contributed by atoms with E-state index in [1.807, 2.05) is 0 Å². The van der Waals surface area contributed by atoms with Crippen LogP contribution < -0.4 is 5.32 Å². The van der Waals surface area contributed by atoms with Crippen molar-refractivity contribution < 1.29 is 0 Å². The van der Waals surface area contributed by atoms with Gasteiger partial charge in [0.2, 0.25) is 0 Å². The standard InChI is InChI=1S/C15H32N2/c1-12(2)11-17(13(3)4)10-9-14-7-6-8-15(14)16-5/h12-16H,6-11H2,1-5H3. The maximum atomic E-state index is 3.49. The van der Waals surface area contributed by atoms with Crippen LogP contribution in [-0.4, -0.2) is 37.1 Å². The van der Waals surface area contributed by atoms with Crippen molar-refractivity contribution in [2.24, 2.45) is 11.8 Å². The van der Waals surface area contributed by atoms with Gasteiger partial charge in [-0.25, -0.2) is 0 Å². The summed E-state index contributed by atoms with van der Waals surface area (Å²) in [7, 11) is 2.12. The van der Waals surface area contributed by atoms with Crippen molar-refractivity contribution >= 4 is 0 Å². The molecule has 0 aromatic carbocycles. The van der Waals surface area contributed by atoms with Gasteiger partial charge in [-0.1, -0.05) is 20.3 Å². The molecule has 102 valence electrons. The summed E-state index contributed by atoms with van der Waals surface area (Å²) in [5.74, 6) is 1.69. The van der Waals surface area contributed by atoms with Gasteiger partial charge in [0.25, 0.3) is 0 Å². The fourth-order valence-corrected chi connectivity index (χ4v) is 3.12. The van der Waals surface area contributed by atoms with Crippen LogP contribution >= 0.6 is 0 Å². The highest BCUT2D eigenvalue weighted by atomic mass is 15.1. The van der Waals surface area contributed by atoms with Crippen molar-refractivity contribution in [2.75, 3.05) is 20.1 Å². The fourth-order valence-electron chi connectivity index (χ4n) is 3.12. The van der Waals surface area contributed by atoms with Gasteiger partial charge in [-0.15, -0.1) is 0 Å². The minimum Gasteiger partial charge on any atom is -0.317 e. The Morgan fingerprint density at radius 1 is 1.18 bits per heavy atom. The summed E-state index contributed by atoms with van der Waals surface area (Å²) in [4.78, 5) is 2.65. The van der Waals surface area contributed by atoms with Crippen molar-refractivity contribution in [3.8, 4) is 0 Å². The Hall–Kier alpha value is -0.0800. The van der Waals surface area contributed by atoms with Crippen LogP contribution in [0.2, 0.25) is 0 Å². The molecule has 1 fully saturated rings. The molecule has 0 bridgehead atoms. The fraction of sp³-hybridized carbons (Fsp3) is 1.00. The molecule has 0 amide bonds. The maximum Gasteiger partial charge on any atom is 0.00928 e. The highest BCUT2D eigenvalue weighted by Crippen LogP contribution is 2.28. The number of hydrogen-bond donors (Lipinski definition) is 1. The Morgan fingerprint density at radius 2 is 1.88 bits per heavy atom. The lowest BCUT2D eigenvalue weighted by Crippen LogP contribution is -2.37. The summed E-state index contributed by atoms with van der Waals surface area (Å²) in [6.45, 7) is 11.8. The van der Waals surface area contributed by atoms with E-state index in [0.717, 1.165) is 17.9 Å². The van der Waals surface area contributed by atoms with Crippen LogP contribution in [0.15, 0.2) is 0 Å². The largest absolute Gasteiger partial charge is 0.317 e. The molecule has 1 aliphatic rings. The lowest BCUT2D eigenvalue weighted by atomic mass is 9.99. The van der Waals surface area contributed by atoms with Gasteiger partial charge in [-0.05, 0) is 58.5 Å². The molecule has 2 unspecified atom stereocenters. The number of nitrogens with one attached hydrogen (secondary N) is 1. The van der Waals surface area contributed by atoms with Crippen LogP contribution in [0.4, 0.5) is 0 Å². The van der Waals surface area contributed by atoms with Crippen molar-refractivity contribution in [2.45, 2.75) is 65.5 Å². The first kappa shape index (κ1) is 15.0. The van der Waals surface area contributed by atoms with E-state index >= 15 is 0 Å². The predicted octanol–water partition coefficient (Wildman–Crippen LogP) is 3.13. The first-order valence-electron chi connectivity index (χ1n) is 7.46. The Morgan fingerprint density at radius 3 is 2.41 bits per heavy atom. The van der Waals surface area contributed by atoms with Crippen LogP contribution in [0.5, 0.6) is 0 Å². The minimum atomic E-state index is 0.687. The lowest BCUT2D eigenvalue weighted by Gasteiger charge is -2.30. The molecule has 0 heterocycles. The third kappa shape index (κ3) is 4.97. The smallest absolute Gasteiger partial charge is 0.00928 e. The average Bonchev–Trinajstić information content (AvgIpc) is 2.70. The minimum absolute atomic E-state index is 0.687. The second-order valence-corrected chi connectivity index (χ2v) is 6.36. The summed E-state index contributed by atoms with van der Waals surface area (Å²) in [5, 5.41) is 3.49. The van der Waals surface area contributed by atoms with Crippen LogP contribution in [-0.2, 0) is 0 Å². The molecule has 1 N–H and O–H groups in total. The van der Waals surface area contributed by atoms with Gasteiger partial charge in [0, 0.05) is 18.6 Å². The molecular formula is C15H32N2. The van der Waals surface area contributed by atoms with Gasteiger partial charge in [-0.3, -0.25) is 0 Å². The maximum absolute atomic E-state index is 3.49. The third-order valence-corrected chi connectivity index (χ3v) is 4.15. The molecule has 0 radical (unpaired) electrons. The second-order valence-electron chi connectivity index (χ2n) is 6.36. The Bertz CT molecular complexity index is 201. The normalized spacial score (nSPS) is 25.4. The molecule has 0 saturated heterocycles. The van der Waals surface area contributed by atoms with E-state index < -0.39 is 0 Å². The zero-order chi connectivity index (χ0) is 12.8. The van der Waals surface area contributed by atoms with Gasteiger partial charge < -0.3 is 10.2 Å². The summed E-state index contributed by atoms with van der Waals surface area (Å²) < 4.78 is 0. The number of rotatable bonds is 7. The summed E-state index contributed by atoms with van der Waals surface area (Å²) >= 11 is 0. The molecule has 1 saturated carbocycles. The monoisotopic (exact) mass is 240 g/mol. The topological polar surface area (TPSA) is 15.3 Å². The predicted molar refractivity (Wildman–Crippen MR) is 76.4 cm³/mol. The van der Waals surface area contributed by atoms with Crippen LogP contribution in [0.25, 0.3) is 0 Å². The van der Waals surface area contributed by atoms with Gasteiger partial charge >= 0.3 is 0 Å². The highest BCUT2D eigenvalue weighted by molar-refractivity contribution is 4.83. The highest BCUT2D eigenvalue weighted by Gasteiger charge is 2.26. The van der Waals surface area contributed by atoms with E-state index in [1.165, 1.54) is 38.8 Å². The molecule has 2 heteroatoms. The van der Waals surface area contributed by atoms with Crippen molar-refractivity contribution in [1.29, 1.82) is 0 Å². The van der Waals surface area contributed by atoms with Gasteiger partial charge in [-0.2, -0.15) is 0 Å². The average molecular weight is 240 g/mol. The van der Waals surface area contributed by atoms with E-state index in [4.69, 9.17) is 0 Å². The van der Waals surface area contributed by atoms with Crippen molar-refractivity contribution in [1.82, 2.24) is 10.2 Å². The molecule has 2 nitrogen and oxygen atoms in total. The van der Waals surface area contributed by atoms with Crippen molar-refractivity contribution in [3.05, 3.63) is 0 Å². The molecule has 1 aliphatic carbocycles. The van der Waals surface area contributed by atoms with Gasteiger partial charge in [0.15, 0.2) is 0 Å². The molecule has 2 atom stereocenters. The summed E-state index contributed by atoms with van der Waals surface area (Å²) in [6, 6.07) is 1.47. The molecule has 0 aromatic heterocycles. The zero-order valence-corrected chi connectivity index (χ0v) is 12.5. The first-order chi connectivity index (χ1) is 8.04. The molecule has 0 aliphatic heterocycles.